The first-order valence-electron chi connectivity index (χ1n) is 8.01. The molecule has 0 spiro atoms. The van der Waals surface area contributed by atoms with Crippen LogP contribution in [0.4, 0.5) is 4.39 Å². The van der Waals surface area contributed by atoms with Crippen LogP contribution in [0.2, 0.25) is 5.02 Å². The zero-order valence-corrected chi connectivity index (χ0v) is 13.9. The lowest BCUT2D eigenvalue weighted by Crippen LogP contribution is -3.14. The van der Waals surface area contributed by atoms with E-state index in [4.69, 9.17) is 21.2 Å². The normalized spacial score (nSPS) is 21.2. The average molecular weight is 357 g/mol. The maximum absolute atomic E-state index is 13.9. The van der Waals surface area contributed by atoms with E-state index in [1.165, 1.54) is 17.0 Å². The summed E-state index contributed by atoms with van der Waals surface area (Å²) in [5.74, 6) is -0.712. The van der Waals surface area contributed by atoms with Crippen LogP contribution in [0.5, 0.6) is 0 Å². The molecule has 1 amide bonds. The minimum atomic E-state index is -0.740. The first-order chi connectivity index (χ1) is 11.6. The molecule has 2 N–H and O–H groups in total. The van der Waals surface area contributed by atoms with Crippen LogP contribution in [0, 0.1) is 5.82 Å². The van der Waals surface area contributed by atoms with Crippen molar-refractivity contribution in [3.63, 3.8) is 0 Å². The Kier molecular flexibility index (Phi) is 5.65. The predicted molar refractivity (Wildman–Crippen MR) is 86.8 cm³/mol. The van der Waals surface area contributed by atoms with Crippen molar-refractivity contribution in [2.75, 3.05) is 39.4 Å². The van der Waals surface area contributed by atoms with Gasteiger partial charge in [-0.2, -0.15) is 0 Å². The van der Waals surface area contributed by atoms with Crippen molar-refractivity contribution in [1.82, 2.24) is 5.32 Å². The summed E-state index contributed by atoms with van der Waals surface area (Å²) in [7, 11) is 0. The minimum absolute atomic E-state index is 0.201. The zero-order chi connectivity index (χ0) is 16.9. The zero-order valence-electron chi connectivity index (χ0n) is 13.2. The number of hydrogen-bond acceptors (Lipinski definition) is 4. The van der Waals surface area contributed by atoms with Gasteiger partial charge < -0.3 is 19.8 Å². The van der Waals surface area contributed by atoms with E-state index in [1.807, 2.05) is 0 Å². The summed E-state index contributed by atoms with van der Waals surface area (Å²) in [5.41, 5.74) is 0.560. The van der Waals surface area contributed by atoms with E-state index in [1.54, 1.807) is 6.07 Å². The third kappa shape index (κ3) is 4.03. The highest BCUT2D eigenvalue weighted by atomic mass is 35.5. The maximum Gasteiger partial charge on any atom is 0.264 e. The third-order valence-corrected chi connectivity index (χ3v) is 4.51. The minimum Gasteiger partial charge on any atom is -0.382 e. The second kappa shape index (κ2) is 7.92. The summed E-state index contributed by atoms with van der Waals surface area (Å²) in [6.45, 7) is 4.83. The number of amides is 1. The van der Waals surface area contributed by atoms with Crippen LogP contribution < -0.4 is 10.2 Å². The molecule has 2 aliphatic rings. The Morgan fingerprint density at radius 1 is 1.42 bits per heavy atom. The Balaban J connectivity index is 1.48. The Morgan fingerprint density at radius 3 is 2.96 bits per heavy atom. The fourth-order valence-electron chi connectivity index (χ4n) is 2.83. The van der Waals surface area contributed by atoms with Crippen LogP contribution in [0.3, 0.4) is 0 Å². The number of ether oxygens (including phenoxy) is 1. The van der Waals surface area contributed by atoms with Gasteiger partial charge >= 0.3 is 0 Å². The highest BCUT2D eigenvalue weighted by Gasteiger charge is 2.31. The van der Waals surface area contributed by atoms with Crippen LogP contribution in [0.15, 0.2) is 23.4 Å². The van der Waals surface area contributed by atoms with Gasteiger partial charge in [-0.1, -0.05) is 22.8 Å². The summed E-state index contributed by atoms with van der Waals surface area (Å²) in [6, 6.07) is 4.42. The molecule has 1 atom stereocenters. The number of nitrogens with one attached hydrogen (secondary N) is 2. The molecule has 24 heavy (non-hydrogen) atoms. The van der Waals surface area contributed by atoms with E-state index in [0.29, 0.717) is 12.3 Å². The summed E-state index contributed by atoms with van der Waals surface area (Å²) in [5, 5.41) is 6.94. The van der Waals surface area contributed by atoms with Gasteiger partial charge in [0, 0.05) is 6.42 Å². The molecule has 1 aromatic rings. The SMILES string of the molecule is O=C(NCC[NH+]1CCOCC1)[C@@H]1CC(c2c(F)cccc2Cl)=NO1. The molecule has 2 heterocycles. The summed E-state index contributed by atoms with van der Waals surface area (Å²) >= 11 is 6.02. The van der Waals surface area contributed by atoms with Gasteiger partial charge in [0.1, 0.15) is 18.9 Å². The van der Waals surface area contributed by atoms with Crippen molar-refractivity contribution < 1.29 is 23.7 Å². The van der Waals surface area contributed by atoms with Gasteiger partial charge in [-0.3, -0.25) is 4.79 Å². The molecular weight excluding hydrogens is 337 g/mol. The molecule has 3 rings (SSSR count). The number of hydrogen-bond donors (Lipinski definition) is 2. The van der Waals surface area contributed by atoms with E-state index in [9.17, 15) is 9.18 Å². The molecule has 1 fully saturated rings. The average Bonchev–Trinajstić information content (AvgIpc) is 3.05. The molecule has 1 saturated heterocycles. The second-order valence-corrected chi connectivity index (χ2v) is 6.24. The number of rotatable bonds is 5. The fraction of sp³-hybridized carbons (Fsp3) is 0.500. The lowest BCUT2D eigenvalue weighted by molar-refractivity contribution is -0.906. The molecule has 0 aromatic heterocycles. The van der Waals surface area contributed by atoms with Crippen molar-refractivity contribution >= 4 is 23.2 Å². The second-order valence-electron chi connectivity index (χ2n) is 5.84. The highest BCUT2D eigenvalue weighted by molar-refractivity contribution is 6.34. The molecule has 0 saturated carbocycles. The van der Waals surface area contributed by atoms with Gasteiger partial charge in [0.05, 0.1) is 42.6 Å². The monoisotopic (exact) mass is 356 g/mol. The number of morpholine rings is 1. The van der Waals surface area contributed by atoms with Crippen molar-refractivity contribution in [1.29, 1.82) is 0 Å². The molecule has 0 aliphatic carbocycles. The molecule has 6 nitrogen and oxygen atoms in total. The lowest BCUT2D eigenvalue weighted by Gasteiger charge is -2.23. The molecule has 8 heteroatoms. The predicted octanol–water partition coefficient (Wildman–Crippen LogP) is 0.00340. The molecule has 0 radical (unpaired) electrons. The quantitative estimate of drug-likeness (QED) is 0.781. The Hall–Kier alpha value is -1.70. The van der Waals surface area contributed by atoms with Crippen LogP contribution >= 0.6 is 11.6 Å². The number of halogens is 2. The third-order valence-electron chi connectivity index (χ3n) is 4.19. The first-order valence-corrected chi connectivity index (χ1v) is 8.39. The number of benzene rings is 1. The number of quaternary nitrogens is 1. The van der Waals surface area contributed by atoms with Crippen molar-refractivity contribution in [3.05, 3.63) is 34.6 Å². The molecule has 2 aliphatic heterocycles. The number of nitrogens with zero attached hydrogens (tertiary/aromatic N) is 1. The molecule has 1 aromatic carbocycles. The Morgan fingerprint density at radius 2 is 2.21 bits per heavy atom. The van der Waals surface area contributed by atoms with Gasteiger partial charge in [0.15, 0.2) is 0 Å². The van der Waals surface area contributed by atoms with Crippen LogP contribution in [0.1, 0.15) is 12.0 Å². The smallest absolute Gasteiger partial charge is 0.264 e. The van der Waals surface area contributed by atoms with Crippen molar-refractivity contribution in [2.45, 2.75) is 12.5 Å². The number of oxime groups is 1. The lowest BCUT2D eigenvalue weighted by atomic mass is 10.0. The summed E-state index contributed by atoms with van der Waals surface area (Å²) in [4.78, 5) is 18.7. The van der Waals surface area contributed by atoms with E-state index in [0.717, 1.165) is 32.8 Å². The topological polar surface area (TPSA) is 64.4 Å². The van der Waals surface area contributed by atoms with Gasteiger partial charge in [-0.25, -0.2) is 4.39 Å². The van der Waals surface area contributed by atoms with E-state index in [-0.39, 0.29) is 22.9 Å². The maximum atomic E-state index is 13.9. The van der Waals surface area contributed by atoms with Crippen molar-refractivity contribution in [2.24, 2.45) is 5.16 Å². The van der Waals surface area contributed by atoms with Gasteiger partial charge in [0.2, 0.25) is 6.10 Å². The van der Waals surface area contributed by atoms with E-state index >= 15 is 0 Å². The molecule has 0 unspecified atom stereocenters. The summed E-state index contributed by atoms with van der Waals surface area (Å²) < 4.78 is 19.2. The fourth-order valence-corrected chi connectivity index (χ4v) is 3.10. The molecule has 0 bridgehead atoms. The van der Waals surface area contributed by atoms with Crippen LogP contribution in [-0.2, 0) is 14.4 Å². The van der Waals surface area contributed by atoms with Gasteiger partial charge in [-0.15, -0.1) is 0 Å². The van der Waals surface area contributed by atoms with Crippen LogP contribution in [-0.4, -0.2) is 57.1 Å². The van der Waals surface area contributed by atoms with Crippen LogP contribution in [0.25, 0.3) is 0 Å². The first kappa shape index (κ1) is 17.1. The molecular formula is C16H20ClFN3O3+. The molecule has 130 valence electrons. The van der Waals surface area contributed by atoms with E-state index in [2.05, 4.69) is 10.5 Å². The summed E-state index contributed by atoms with van der Waals surface area (Å²) in [6.07, 6.45) is -0.535. The Labute approximate surface area is 144 Å². The standard InChI is InChI=1S/C16H19ClFN3O3/c17-11-2-1-3-12(18)15(11)13-10-14(24-20-13)16(22)19-4-5-21-6-8-23-9-7-21/h1-3,14H,4-10H2,(H,19,22)/p+1/t14-/m0/s1. The van der Waals surface area contributed by atoms with E-state index < -0.39 is 11.9 Å². The van der Waals surface area contributed by atoms with Gasteiger partial charge in [0.25, 0.3) is 5.91 Å². The number of carbonyl (C=O) groups is 1. The van der Waals surface area contributed by atoms with Crippen molar-refractivity contribution in [3.8, 4) is 0 Å². The Bertz CT molecular complexity index is 615. The number of carbonyl (C=O) groups excluding carboxylic acids is 1. The highest BCUT2D eigenvalue weighted by Crippen LogP contribution is 2.25. The van der Waals surface area contributed by atoms with Gasteiger partial charge in [-0.05, 0) is 12.1 Å². The largest absolute Gasteiger partial charge is 0.382 e.